The maximum atomic E-state index is 12.9. The second-order valence-electron chi connectivity index (χ2n) is 5.15. The van der Waals surface area contributed by atoms with E-state index in [0.717, 1.165) is 16.7 Å². The third kappa shape index (κ3) is 3.70. The van der Waals surface area contributed by atoms with E-state index in [9.17, 15) is 18.0 Å². The normalized spacial score (nSPS) is 11.6. The van der Waals surface area contributed by atoms with Crippen LogP contribution in [0.5, 0.6) is 0 Å². The van der Waals surface area contributed by atoms with E-state index in [0.29, 0.717) is 10.6 Å². The molecule has 3 rings (SSSR count). The summed E-state index contributed by atoms with van der Waals surface area (Å²) in [5.41, 5.74) is -1.03. The highest BCUT2D eigenvalue weighted by Gasteiger charge is 2.30. The molecule has 25 heavy (non-hydrogen) atoms. The first kappa shape index (κ1) is 17.5. The summed E-state index contributed by atoms with van der Waals surface area (Å²) in [6, 6.07) is 10.8. The SMILES string of the molecule is O=c1c(-c2cccc(Cl)c2)nc(Cl)cn1-c1cccc(C(F)(F)F)c1. The number of benzene rings is 2. The Morgan fingerprint density at radius 1 is 1.00 bits per heavy atom. The Labute approximate surface area is 150 Å². The second kappa shape index (κ2) is 6.54. The van der Waals surface area contributed by atoms with Gasteiger partial charge in [0.15, 0.2) is 0 Å². The third-order valence-electron chi connectivity index (χ3n) is 3.43. The maximum Gasteiger partial charge on any atom is 0.416 e. The van der Waals surface area contributed by atoms with Crippen molar-refractivity contribution < 1.29 is 13.2 Å². The van der Waals surface area contributed by atoms with E-state index in [4.69, 9.17) is 23.2 Å². The number of nitrogens with zero attached hydrogens (tertiary/aromatic N) is 2. The Kier molecular flexibility index (Phi) is 4.58. The lowest BCUT2D eigenvalue weighted by Gasteiger charge is -2.12. The highest BCUT2D eigenvalue weighted by atomic mass is 35.5. The summed E-state index contributed by atoms with van der Waals surface area (Å²) in [6.45, 7) is 0. The van der Waals surface area contributed by atoms with Gasteiger partial charge in [-0.25, -0.2) is 4.98 Å². The quantitative estimate of drug-likeness (QED) is 0.606. The maximum absolute atomic E-state index is 12.9. The molecule has 0 atom stereocenters. The first-order valence-electron chi connectivity index (χ1n) is 6.98. The van der Waals surface area contributed by atoms with Gasteiger partial charge >= 0.3 is 6.18 Å². The molecule has 3 aromatic rings. The van der Waals surface area contributed by atoms with Crippen molar-refractivity contribution in [2.45, 2.75) is 6.18 Å². The average Bonchev–Trinajstić information content (AvgIpc) is 2.56. The molecule has 1 aromatic heterocycles. The molecule has 0 saturated carbocycles. The van der Waals surface area contributed by atoms with Crippen LogP contribution in [0.15, 0.2) is 59.5 Å². The summed E-state index contributed by atoms with van der Waals surface area (Å²) in [4.78, 5) is 16.7. The summed E-state index contributed by atoms with van der Waals surface area (Å²) >= 11 is 11.9. The Balaban J connectivity index is 2.21. The molecule has 0 aliphatic carbocycles. The minimum absolute atomic E-state index is 0.00703. The van der Waals surface area contributed by atoms with Crippen molar-refractivity contribution in [2.24, 2.45) is 0 Å². The zero-order chi connectivity index (χ0) is 18.2. The van der Waals surface area contributed by atoms with Crippen molar-refractivity contribution in [3.8, 4) is 16.9 Å². The number of hydrogen-bond acceptors (Lipinski definition) is 2. The first-order valence-corrected chi connectivity index (χ1v) is 7.74. The van der Waals surface area contributed by atoms with Crippen LogP contribution >= 0.6 is 23.2 Å². The van der Waals surface area contributed by atoms with Crippen LogP contribution in [0.2, 0.25) is 10.2 Å². The Morgan fingerprint density at radius 2 is 1.72 bits per heavy atom. The van der Waals surface area contributed by atoms with Gasteiger partial charge in [-0.2, -0.15) is 13.2 Å². The predicted molar refractivity (Wildman–Crippen MR) is 90.3 cm³/mol. The van der Waals surface area contributed by atoms with Crippen molar-refractivity contribution >= 4 is 23.2 Å². The minimum Gasteiger partial charge on any atom is -0.279 e. The molecule has 0 saturated heterocycles. The van der Waals surface area contributed by atoms with E-state index in [1.165, 1.54) is 24.4 Å². The molecule has 0 aliphatic heterocycles. The van der Waals surface area contributed by atoms with Crippen LogP contribution in [0.3, 0.4) is 0 Å². The smallest absolute Gasteiger partial charge is 0.279 e. The van der Waals surface area contributed by atoms with Crippen molar-refractivity contribution in [3.05, 3.63) is 80.8 Å². The number of alkyl halides is 3. The fourth-order valence-corrected chi connectivity index (χ4v) is 2.68. The summed E-state index contributed by atoms with van der Waals surface area (Å²) in [6.07, 6.45) is -3.35. The molecule has 8 heteroatoms. The highest BCUT2D eigenvalue weighted by Crippen LogP contribution is 2.30. The molecule has 2 aromatic carbocycles. The van der Waals surface area contributed by atoms with E-state index in [2.05, 4.69) is 4.98 Å². The van der Waals surface area contributed by atoms with Gasteiger partial charge in [0.25, 0.3) is 5.56 Å². The van der Waals surface area contributed by atoms with Crippen LogP contribution in [-0.2, 0) is 6.18 Å². The standard InChI is InChI=1S/C17H9Cl2F3N2O/c18-12-5-1-3-10(7-12)15-16(25)24(9-14(19)23-15)13-6-2-4-11(8-13)17(20,21)22/h1-9H. The third-order valence-corrected chi connectivity index (χ3v) is 3.84. The largest absolute Gasteiger partial charge is 0.416 e. The monoisotopic (exact) mass is 384 g/mol. The summed E-state index contributed by atoms with van der Waals surface area (Å²) < 4.78 is 39.8. The van der Waals surface area contributed by atoms with E-state index < -0.39 is 17.3 Å². The molecule has 0 bridgehead atoms. The second-order valence-corrected chi connectivity index (χ2v) is 5.97. The molecule has 3 nitrogen and oxygen atoms in total. The van der Waals surface area contributed by atoms with E-state index in [1.54, 1.807) is 18.2 Å². The van der Waals surface area contributed by atoms with Gasteiger partial charge in [-0.1, -0.05) is 41.4 Å². The zero-order valence-corrected chi connectivity index (χ0v) is 13.9. The summed E-state index contributed by atoms with van der Waals surface area (Å²) in [5, 5.41) is 0.358. The van der Waals surface area contributed by atoms with Crippen LogP contribution in [0.1, 0.15) is 5.56 Å². The first-order chi connectivity index (χ1) is 11.8. The Hall–Kier alpha value is -2.31. The highest BCUT2D eigenvalue weighted by molar-refractivity contribution is 6.31. The van der Waals surface area contributed by atoms with Crippen LogP contribution in [0.25, 0.3) is 16.9 Å². The molecule has 0 amide bonds. The fourth-order valence-electron chi connectivity index (χ4n) is 2.31. The van der Waals surface area contributed by atoms with Crippen molar-refractivity contribution in [3.63, 3.8) is 0 Å². The molecule has 0 N–H and O–H groups in total. The predicted octanol–water partition coefficient (Wildman–Crippen LogP) is 5.23. The van der Waals surface area contributed by atoms with Crippen molar-refractivity contribution in [1.29, 1.82) is 0 Å². The van der Waals surface area contributed by atoms with Crippen LogP contribution in [0.4, 0.5) is 13.2 Å². The molecule has 128 valence electrons. The van der Waals surface area contributed by atoms with Crippen molar-refractivity contribution in [1.82, 2.24) is 9.55 Å². The average molecular weight is 385 g/mol. The molecule has 0 fully saturated rings. The van der Waals surface area contributed by atoms with Gasteiger partial charge in [0.1, 0.15) is 10.8 Å². The summed E-state index contributed by atoms with van der Waals surface area (Å²) in [7, 11) is 0. The number of aromatic nitrogens is 2. The van der Waals surface area contributed by atoms with E-state index >= 15 is 0 Å². The zero-order valence-electron chi connectivity index (χ0n) is 12.4. The molecular formula is C17H9Cl2F3N2O. The molecule has 0 aliphatic rings. The van der Waals surface area contributed by atoms with Gasteiger partial charge in [-0.3, -0.25) is 9.36 Å². The van der Waals surface area contributed by atoms with Crippen LogP contribution in [0, 0.1) is 0 Å². The lowest BCUT2D eigenvalue weighted by molar-refractivity contribution is -0.137. The molecule has 0 unspecified atom stereocenters. The van der Waals surface area contributed by atoms with Gasteiger partial charge in [0.2, 0.25) is 0 Å². The Bertz CT molecular complexity index is 1000. The van der Waals surface area contributed by atoms with E-state index in [1.807, 2.05) is 0 Å². The molecule has 0 radical (unpaired) electrons. The van der Waals surface area contributed by atoms with Gasteiger partial charge in [-0.05, 0) is 30.3 Å². The molecule has 1 heterocycles. The number of hydrogen-bond donors (Lipinski definition) is 0. The van der Waals surface area contributed by atoms with Crippen molar-refractivity contribution in [2.75, 3.05) is 0 Å². The van der Waals surface area contributed by atoms with Gasteiger partial charge in [-0.15, -0.1) is 0 Å². The van der Waals surface area contributed by atoms with Gasteiger partial charge in [0, 0.05) is 16.3 Å². The van der Waals surface area contributed by atoms with Crippen LogP contribution < -0.4 is 5.56 Å². The molecule has 0 spiro atoms. The van der Waals surface area contributed by atoms with Gasteiger partial charge in [0.05, 0.1) is 11.8 Å². The lowest BCUT2D eigenvalue weighted by Crippen LogP contribution is -2.21. The van der Waals surface area contributed by atoms with E-state index in [-0.39, 0.29) is 16.5 Å². The summed E-state index contributed by atoms with van der Waals surface area (Å²) in [5.74, 6) is 0. The minimum atomic E-state index is -4.52. The molecular weight excluding hydrogens is 376 g/mol. The van der Waals surface area contributed by atoms with Gasteiger partial charge < -0.3 is 0 Å². The number of rotatable bonds is 2. The number of halogens is 5. The lowest BCUT2D eigenvalue weighted by atomic mass is 10.1. The Morgan fingerprint density at radius 3 is 2.40 bits per heavy atom. The topological polar surface area (TPSA) is 34.9 Å². The van der Waals surface area contributed by atoms with Crippen LogP contribution in [-0.4, -0.2) is 9.55 Å². The fraction of sp³-hybridized carbons (Fsp3) is 0.0588.